The summed E-state index contributed by atoms with van der Waals surface area (Å²) in [6.07, 6.45) is 1.67. The fraction of sp³-hybridized carbons (Fsp3) is 0.0714. The van der Waals surface area contributed by atoms with Crippen molar-refractivity contribution in [1.29, 1.82) is 0 Å². The minimum atomic E-state index is 0. The molecule has 1 radical (unpaired) electrons. The van der Waals surface area contributed by atoms with Crippen molar-refractivity contribution in [1.82, 2.24) is 14.6 Å². The van der Waals surface area contributed by atoms with Gasteiger partial charge in [0.05, 0.1) is 12.1 Å². The van der Waals surface area contributed by atoms with E-state index in [1.165, 1.54) is 0 Å². The molecule has 101 valence electrons. The fourth-order valence-electron chi connectivity index (χ4n) is 2.02. The quantitative estimate of drug-likeness (QED) is 0.505. The Kier molecular flexibility index (Phi) is 4.28. The molecule has 0 fully saturated rings. The van der Waals surface area contributed by atoms with E-state index in [1.807, 2.05) is 49.4 Å². The standard InChI is InChI=1S/C14H11N4O.Re/c1-10-7-8-12-16-14(15-9-19)13(18(12)17-10)11-5-3-2-4-6-11;/h2-8H,1H3,(H,15,19);/q-1;. The maximum atomic E-state index is 10.6. The summed E-state index contributed by atoms with van der Waals surface area (Å²) in [5.74, 6) is 0.458. The van der Waals surface area contributed by atoms with Crippen molar-refractivity contribution in [2.45, 2.75) is 6.92 Å². The van der Waals surface area contributed by atoms with Crippen LogP contribution >= 0.6 is 0 Å². The minimum Gasteiger partial charge on any atom is -0.474 e. The monoisotopic (exact) mass is 438 g/mol. The second kappa shape index (κ2) is 5.95. The number of rotatable bonds is 3. The van der Waals surface area contributed by atoms with Gasteiger partial charge in [-0.05, 0) is 24.6 Å². The van der Waals surface area contributed by atoms with Crippen molar-refractivity contribution in [2.24, 2.45) is 0 Å². The van der Waals surface area contributed by atoms with Gasteiger partial charge in [-0.3, -0.25) is 0 Å². The van der Waals surface area contributed by atoms with Crippen LogP contribution in [0, 0.1) is 6.92 Å². The molecule has 2 aromatic heterocycles. The first-order chi connectivity index (χ1) is 9.29. The van der Waals surface area contributed by atoms with Crippen molar-refractivity contribution < 1.29 is 25.2 Å². The average Bonchev–Trinajstić information content (AvgIpc) is 2.77. The third kappa shape index (κ3) is 2.48. The van der Waals surface area contributed by atoms with Gasteiger partial charge in [-0.1, -0.05) is 30.3 Å². The number of anilines is 1. The van der Waals surface area contributed by atoms with E-state index >= 15 is 0 Å². The number of aryl methyl sites for hydroxylation is 1. The molecule has 0 atom stereocenters. The SMILES string of the molecule is Cc1ccc2nc(N[C-]=O)c(-c3ccccc3)n2n1.[Re]. The Morgan fingerprint density at radius 2 is 1.90 bits per heavy atom. The summed E-state index contributed by atoms with van der Waals surface area (Å²) in [5.41, 5.74) is 3.25. The van der Waals surface area contributed by atoms with Crippen LogP contribution < -0.4 is 5.32 Å². The number of hydrogen-bond donors (Lipinski definition) is 1. The number of benzene rings is 1. The molecule has 0 aliphatic rings. The van der Waals surface area contributed by atoms with Crippen LogP contribution in [-0.4, -0.2) is 21.0 Å². The van der Waals surface area contributed by atoms with Gasteiger partial charge < -0.3 is 15.1 Å². The predicted molar refractivity (Wildman–Crippen MR) is 72.5 cm³/mol. The van der Waals surface area contributed by atoms with Gasteiger partial charge >= 0.3 is 0 Å². The largest absolute Gasteiger partial charge is 0.474 e. The molecule has 0 aliphatic heterocycles. The number of aromatic nitrogens is 3. The van der Waals surface area contributed by atoms with Crippen LogP contribution in [0.2, 0.25) is 0 Å². The smallest absolute Gasteiger partial charge is 0.136 e. The van der Waals surface area contributed by atoms with Gasteiger partial charge in [-0.15, -0.1) is 0 Å². The zero-order valence-corrected chi connectivity index (χ0v) is 13.4. The molecule has 3 aromatic rings. The third-order valence-corrected chi connectivity index (χ3v) is 2.83. The number of nitrogens with zero attached hydrogens (tertiary/aromatic N) is 3. The van der Waals surface area contributed by atoms with Crippen LogP contribution in [0.1, 0.15) is 5.69 Å². The van der Waals surface area contributed by atoms with Crippen LogP contribution in [0.4, 0.5) is 5.82 Å². The predicted octanol–water partition coefficient (Wildman–Crippen LogP) is 2.18. The summed E-state index contributed by atoms with van der Waals surface area (Å²) in [4.78, 5) is 14.9. The molecule has 1 aromatic carbocycles. The van der Waals surface area contributed by atoms with Gasteiger partial charge in [0, 0.05) is 31.9 Å². The molecule has 5 nitrogen and oxygen atoms in total. The Labute approximate surface area is 129 Å². The van der Waals surface area contributed by atoms with Gasteiger partial charge in [0.1, 0.15) is 5.65 Å². The Hall–Kier alpha value is -2.03. The number of imidazole rings is 1. The maximum Gasteiger partial charge on any atom is 0.136 e. The van der Waals surface area contributed by atoms with Gasteiger partial charge in [0.15, 0.2) is 0 Å². The Morgan fingerprint density at radius 3 is 2.60 bits per heavy atom. The second-order valence-electron chi connectivity index (χ2n) is 4.15. The van der Waals surface area contributed by atoms with Crippen LogP contribution in [0.25, 0.3) is 16.9 Å². The van der Waals surface area contributed by atoms with Crippen LogP contribution in [0.5, 0.6) is 0 Å². The van der Waals surface area contributed by atoms with E-state index in [4.69, 9.17) is 0 Å². The molecule has 0 bridgehead atoms. The molecular weight excluding hydrogens is 426 g/mol. The average molecular weight is 437 g/mol. The Bertz CT molecular complexity index is 740. The first-order valence-corrected chi connectivity index (χ1v) is 5.84. The van der Waals surface area contributed by atoms with Gasteiger partial charge in [0.2, 0.25) is 0 Å². The normalized spacial score (nSPS) is 10.1. The van der Waals surface area contributed by atoms with Crippen LogP contribution in [-0.2, 0) is 25.2 Å². The summed E-state index contributed by atoms with van der Waals surface area (Å²) in [5, 5.41) is 6.95. The second-order valence-corrected chi connectivity index (χ2v) is 4.15. The van der Waals surface area contributed by atoms with E-state index in [0.717, 1.165) is 17.0 Å². The number of nitrogens with one attached hydrogen (secondary N) is 1. The van der Waals surface area contributed by atoms with E-state index < -0.39 is 0 Å². The molecule has 20 heavy (non-hydrogen) atoms. The molecule has 0 saturated heterocycles. The molecule has 0 aliphatic carbocycles. The summed E-state index contributed by atoms with van der Waals surface area (Å²) in [6, 6.07) is 13.4. The number of amides is 1. The summed E-state index contributed by atoms with van der Waals surface area (Å²) in [7, 11) is 0. The summed E-state index contributed by atoms with van der Waals surface area (Å²) >= 11 is 0. The molecule has 2 heterocycles. The number of fused-ring (bicyclic) bond motifs is 1. The van der Waals surface area contributed by atoms with E-state index in [1.54, 1.807) is 10.9 Å². The first kappa shape index (κ1) is 14.4. The Balaban J connectivity index is 0.00000147. The van der Waals surface area contributed by atoms with Crippen LogP contribution in [0.15, 0.2) is 42.5 Å². The van der Waals surface area contributed by atoms with E-state index in [9.17, 15) is 4.79 Å². The van der Waals surface area contributed by atoms with Crippen molar-refractivity contribution in [3.63, 3.8) is 0 Å². The molecule has 0 saturated carbocycles. The van der Waals surface area contributed by atoms with Crippen molar-refractivity contribution >= 4 is 17.9 Å². The third-order valence-electron chi connectivity index (χ3n) is 2.83. The van der Waals surface area contributed by atoms with Crippen molar-refractivity contribution in [2.75, 3.05) is 5.32 Å². The van der Waals surface area contributed by atoms with Crippen molar-refractivity contribution in [3.8, 4) is 11.3 Å². The summed E-state index contributed by atoms with van der Waals surface area (Å²) in [6.45, 7) is 1.91. The van der Waals surface area contributed by atoms with E-state index in [2.05, 4.69) is 15.4 Å². The van der Waals surface area contributed by atoms with Gasteiger partial charge in [-0.2, -0.15) is 5.10 Å². The summed E-state index contributed by atoms with van der Waals surface area (Å²) < 4.78 is 1.73. The number of carbonyl (C=O) groups excluding carboxylic acids is 1. The number of hydrogen-bond acceptors (Lipinski definition) is 3. The maximum absolute atomic E-state index is 10.6. The zero-order valence-electron chi connectivity index (χ0n) is 10.7. The minimum absolute atomic E-state index is 0. The van der Waals surface area contributed by atoms with Crippen LogP contribution in [0.3, 0.4) is 0 Å². The molecule has 1 amide bonds. The molecule has 1 N–H and O–H groups in total. The fourth-order valence-corrected chi connectivity index (χ4v) is 2.02. The molecule has 0 spiro atoms. The van der Waals surface area contributed by atoms with Gasteiger partial charge in [-0.25, -0.2) is 4.52 Å². The Morgan fingerprint density at radius 1 is 1.15 bits per heavy atom. The molecule has 3 rings (SSSR count). The topological polar surface area (TPSA) is 59.3 Å². The van der Waals surface area contributed by atoms with Crippen molar-refractivity contribution in [3.05, 3.63) is 48.2 Å². The van der Waals surface area contributed by atoms with E-state index in [0.29, 0.717) is 11.5 Å². The molecule has 0 unspecified atom stereocenters. The first-order valence-electron chi connectivity index (χ1n) is 5.84. The molecule has 6 heteroatoms. The molecular formula is C14H11N4ORe-. The van der Waals surface area contributed by atoms with Gasteiger partial charge in [0.25, 0.3) is 0 Å². The zero-order chi connectivity index (χ0) is 13.2. The van der Waals surface area contributed by atoms with E-state index in [-0.39, 0.29) is 20.4 Å².